The lowest BCUT2D eigenvalue weighted by Gasteiger charge is -2.16. The molecule has 0 aliphatic heterocycles. The monoisotopic (exact) mass is 475 g/mol. The molecule has 2 aromatic carbocycles. The maximum atomic E-state index is 12.5. The van der Waals surface area contributed by atoms with Gasteiger partial charge < -0.3 is 30.0 Å². The normalized spacial score (nSPS) is 11.9. The van der Waals surface area contributed by atoms with E-state index >= 15 is 0 Å². The highest BCUT2D eigenvalue weighted by molar-refractivity contribution is 5.94. The number of hydrogen-bond donors (Lipinski definition) is 3. The number of ether oxygens (including phenoxy) is 1. The Morgan fingerprint density at radius 2 is 1.97 bits per heavy atom. The van der Waals surface area contributed by atoms with E-state index in [2.05, 4.69) is 14.9 Å². The molecule has 0 unspecified atom stereocenters. The molecule has 2 heterocycles. The van der Waals surface area contributed by atoms with Crippen LogP contribution in [0.5, 0.6) is 5.75 Å². The first-order valence-electron chi connectivity index (χ1n) is 11.4. The second-order valence-electron chi connectivity index (χ2n) is 8.37. The minimum absolute atomic E-state index is 0.0519. The van der Waals surface area contributed by atoms with Gasteiger partial charge in [0, 0.05) is 31.0 Å². The summed E-state index contributed by atoms with van der Waals surface area (Å²) < 4.78 is 8.96. The van der Waals surface area contributed by atoms with Crippen molar-refractivity contribution >= 4 is 28.4 Å². The van der Waals surface area contributed by atoms with E-state index in [9.17, 15) is 14.7 Å². The predicted molar refractivity (Wildman–Crippen MR) is 133 cm³/mol. The summed E-state index contributed by atoms with van der Waals surface area (Å²) in [4.78, 5) is 27.8. The summed E-state index contributed by atoms with van der Waals surface area (Å²) in [6.07, 6.45) is 6.68. The fraction of sp³-hybridized carbons (Fsp3) is 0.269. The zero-order chi connectivity index (χ0) is 24.8. The molecule has 0 fully saturated rings. The van der Waals surface area contributed by atoms with Crippen LogP contribution in [0, 0.1) is 0 Å². The van der Waals surface area contributed by atoms with Gasteiger partial charge in [0.2, 0.25) is 5.91 Å². The Morgan fingerprint density at radius 3 is 2.66 bits per heavy atom. The Morgan fingerprint density at radius 1 is 1.17 bits per heavy atom. The Labute approximate surface area is 203 Å². The van der Waals surface area contributed by atoms with Crippen LogP contribution < -0.4 is 15.8 Å². The second-order valence-corrected chi connectivity index (χ2v) is 8.37. The topological polar surface area (TPSA) is 124 Å². The molecule has 0 spiro atoms. The maximum Gasteiger partial charge on any atom is 0.268 e. The Hall–Kier alpha value is -4.11. The molecule has 2 aromatic heterocycles. The Kier molecular flexibility index (Phi) is 7.47. The molecule has 4 rings (SSSR count). The predicted octanol–water partition coefficient (Wildman–Crippen LogP) is 3.14. The molecule has 2 amide bonds. The number of nitrogens with zero attached hydrogens (tertiary/aromatic N) is 3. The number of primary amides is 1. The number of anilines is 1. The molecule has 9 nitrogen and oxygen atoms in total. The summed E-state index contributed by atoms with van der Waals surface area (Å²) in [5.41, 5.74) is 8.23. The van der Waals surface area contributed by atoms with Crippen molar-refractivity contribution in [1.82, 2.24) is 14.1 Å². The fourth-order valence-corrected chi connectivity index (χ4v) is 4.02. The van der Waals surface area contributed by atoms with Crippen LogP contribution in [0.3, 0.4) is 0 Å². The Balaban J connectivity index is 1.38. The maximum absolute atomic E-state index is 12.5. The van der Waals surface area contributed by atoms with Crippen molar-refractivity contribution in [3.05, 3.63) is 78.5 Å². The largest absolute Gasteiger partial charge is 0.497 e. The molecular formula is C26H29N5O4. The number of aromatic nitrogens is 3. The highest BCUT2D eigenvalue weighted by atomic mass is 16.5. The molecule has 4 aromatic rings. The number of nitrogens with two attached hydrogens (primary N) is 1. The fourth-order valence-electron chi connectivity index (χ4n) is 4.02. The number of nitrogens with one attached hydrogen (secondary N) is 1. The van der Waals surface area contributed by atoms with Gasteiger partial charge >= 0.3 is 0 Å². The SMILES string of the molecule is COc1ccc(CCC(=O)Nc2ccc3ccn(CC[C@@H](CO)n4cnc(C(N)=O)c4)c3c2)cc1. The molecule has 0 aliphatic rings. The van der Waals surface area contributed by atoms with Gasteiger partial charge in [-0.3, -0.25) is 9.59 Å². The number of carbonyl (C=O) groups excluding carboxylic acids is 2. The van der Waals surface area contributed by atoms with Crippen LogP contribution in [0.15, 0.2) is 67.3 Å². The third-order valence-electron chi connectivity index (χ3n) is 6.05. The first kappa shape index (κ1) is 24.0. The second kappa shape index (κ2) is 10.9. The van der Waals surface area contributed by atoms with E-state index in [4.69, 9.17) is 10.5 Å². The number of aryl methyl sites for hydroxylation is 2. The lowest BCUT2D eigenvalue weighted by atomic mass is 10.1. The lowest BCUT2D eigenvalue weighted by Crippen LogP contribution is -2.15. The van der Waals surface area contributed by atoms with Crippen LogP contribution in [0.1, 0.15) is 34.9 Å². The van der Waals surface area contributed by atoms with Gasteiger partial charge in [-0.05, 0) is 54.1 Å². The van der Waals surface area contributed by atoms with Gasteiger partial charge in [-0.15, -0.1) is 0 Å². The van der Waals surface area contributed by atoms with Crippen LogP contribution >= 0.6 is 0 Å². The summed E-state index contributed by atoms with van der Waals surface area (Å²) in [5, 5.41) is 13.9. The highest BCUT2D eigenvalue weighted by Crippen LogP contribution is 2.23. The van der Waals surface area contributed by atoms with Crippen molar-refractivity contribution < 1.29 is 19.4 Å². The van der Waals surface area contributed by atoms with Gasteiger partial charge in [0.25, 0.3) is 5.91 Å². The number of aliphatic hydroxyl groups is 1. The zero-order valence-corrected chi connectivity index (χ0v) is 19.6. The first-order valence-corrected chi connectivity index (χ1v) is 11.4. The van der Waals surface area contributed by atoms with E-state index in [1.54, 1.807) is 17.9 Å². The molecule has 4 N–H and O–H groups in total. The quantitative estimate of drug-likeness (QED) is 0.307. The van der Waals surface area contributed by atoms with Crippen LogP contribution in [-0.4, -0.2) is 44.8 Å². The number of fused-ring (bicyclic) bond motifs is 1. The van der Waals surface area contributed by atoms with Crippen molar-refractivity contribution in [2.75, 3.05) is 19.0 Å². The summed E-state index contributed by atoms with van der Waals surface area (Å²) in [7, 11) is 1.63. The summed E-state index contributed by atoms with van der Waals surface area (Å²) in [5.74, 6) is 0.139. The third-order valence-corrected chi connectivity index (χ3v) is 6.05. The van der Waals surface area contributed by atoms with Gasteiger partial charge in [-0.1, -0.05) is 18.2 Å². The molecule has 0 bridgehead atoms. The summed E-state index contributed by atoms with van der Waals surface area (Å²) in [6, 6.07) is 15.3. The van der Waals surface area contributed by atoms with E-state index in [0.717, 1.165) is 27.9 Å². The van der Waals surface area contributed by atoms with E-state index < -0.39 is 5.91 Å². The molecule has 35 heavy (non-hydrogen) atoms. The Bertz CT molecular complexity index is 1310. The zero-order valence-electron chi connectivity index (χ0n) is 19.6. The van der Waals surface area contributed by atoms with Crippen molar-refractivity contribution in [3.63, 3.8) is 0 Å². The number of aliphatic hydroxyl groups excluding tert-OH is 1. The number of rotatable bonds is 11. The number of benzene rings is 2. The molecule has 0 saturated carbocycles. The summed E-state index contributed by atoms with van der Waals surface area (Å²) in [6.45, 7) is 0.539. The molecule has 0 saturated heterocycles. The molecule has 1 atom stereocenters. The first-order chi connectivity index (χ1) is 17.0. The summed E-state index contributed by atoms with van der Waals surface area (Å²) >= 11 is 0. The number of hydrogen-bond acceptors (Lipinski definition) is 5. The van der Waals surface area contributed by atoms with Crippen molar-refractivity contribution in [2.24, 2.45) is 5.73 Å². The van der Waals surface area contributed by atoms with Crippen LogP contribution in [0.2, 0.25) is 0 Å². The molecule has 182 valence electrons. The number of carbonyl (C=O) groups is 2. The van der Waals surface area contributed by atoms with Gasteiger partial charge in [-0.2, -0.15) is 0 Å². The van der Waals surface area contributed by atoms with Gasteiger partial charge in [0.15, 0.2) is 0 Å². The van der Waals surface area contributed by atoms with Crippen LogP contribution in [-0.2, 0) is 17.8 Å². The van der Waals surface area contributed by atoms with Crippen molar-refractivity contribution in [3.8, 4) is 5.75 Å². The standard InChI is InChI=1S/C26H29N5O4/c1-35-22-7-2-18(3-8-22)4-9-25(33)29-20-6-5-19-10-12-30(24(19)14-20)13-11-21(16-32)31-15-23(26(27)34)28-17-31/h2-3,5-8,10,12,14-15,17,21,32H,4,9,11,13,16H2,1H3,(H2,27,34)(H,29,33)/t21-/m0/s1. The van der Waals surface area contributed by atoms with Gasteiger partial charge in [0.1, 0.15) is 11.4 Å². The molecular weight excluding hydrogens is 446 g/mol. The van der Waals surface area contributed by atoms with E-state index in [1.807, 2.05) is 54.7 Å². The number of methoxy groups -OCH3 is 1. The van der Waals surface area contributed by atoms with Crippen LogP contribution in [0.4, 0.5) is 5.69 Å². The molecule has 0 aliphatic carbocycles. The minimum Gasteiger partial charge on any atom is -0.497 e. The average molecular weight is 476 g/mol. The minimum atomic E-state index is -0.601. The van der Waals surface area contributed by atoms with E-state index in [-0.39, 0.29) is 24.2 Å². The highest BCUT2D eigenvalue weighted by Gasteiger charge is 2.14. The average Bonchev–Trinajstić information content (AvgIpc) is 3.51. The lowest BCUT2D eigenvalue weighted by molar-refractivity contribution is -0.116. The number of imidazole rings is 1. The molecule has 0 radical (unpaired) electrons. The molecule has 9 heteroatoms. The van der Waals surface area contributed by atoms with Crippen LogP contribution in [0.25, 0.3) is 10.9 Å². The third kappa shape index (κ3) is 5.88. The van der Waals surface area contributed by atoms with E-state index in [1.165, 1.54) is 6.33 Å². The van der Waals surface area contributed by atoms with Crippen molar-refractivity contribution in [1.29, 1.82) is 0 Å². The smallest absolute Gasteiger partial charge is 0.268 e. The van der Waals surface area contributed by atoms with Crippen molar-refractivity contribution in [2.45, 2.75) is 31.8 Å². The van der Waals surface area contributed by atoms with E-state index in [0.29, 0.717) is 25.8 Å². The number of amides is 2. The van der Waals surface area contributed by atoms with Gasteiger partial charge in [0.05, 0.1) is 31.6 Å². The van der Waals surface area contributed by atoms with Gasteiger partial charge in [-0.25, -0.2) is 4.98 Å².